The lowest BCUT2D eigenvalue weighted by Gasteiger charge is -2.26. The van der Waals surface area contributed by atoms with E-state index in [1.54, 1.807) is 0 Å². The first kappa shape index (κ1) is 13.6. The van der Waals surface area contributed by atoms with Crippen molar-refractivity contribution in [2.75, 3.05) is 5.75 Å². The largest absolute Gasteiger partial charge is 0.481 e. The molecule has 5 heteroatoms. The van der Waals surface area contributed by atoms with Crippen LogP contribution in [0.2, 0.25) is 0 Å². The average molecular weight is 248 g/mol. The number of carbonyl (C=O) groups is 1. The molecule has 0 amide bonds. The van der Waals surface area contributed by atoms with E-state index in [1.807, 2.05) is 27.7 Å². The third-order valence-corrected chi connectivity index (χ3v) is 4.80. The maximum absolute atomic E-state index is 12.0. The van der Waals surface area contributed by atoms with Gasteiger partial charge in [0.05, 0.1) is 22.9 Å². The molecule has 0 bridgehead atoms. The van der Waals surface area contributed by atoms with Crippen molar-refractivity contribution in [3.63, 3.8) is 0 Å². The number of hydrogen-bond donors (Lipinski definition) is 1. The SMILES string of the molecule is CC1(C)CC(S(=O)CCC(=O)O)C(C)(C)O1. The highest BCUT2D eigenvalue weighted by atomic mass is 32.2. The number of ether oxygens (including phenoxy) is 1. The van der Waals surface area contributed by atoms with Gasteiger partial charge in [-0.15, -0.1) is 0 Å². The Labute approximate surface area is 98.8 Å². The molecule has 1 N–H and O–H groups in total. The van der Waals surface area contributed by atoms with Gasteiger partial charge in [0.2, 0.25) is 0 Å². The van der Waals surface area contributed by atoms with Crippen molar-refractivity contribution in [1.82, 2.24) is 0 Å². The second kappa shape index (κ2) is 4.45. The maximum atomic E-state index is 12.0. The van der Waals surface area contributed by atoms with E-state index in [2.05, 4.69) is 0 Å². The van der Waals surface area contributed by atoms with Gasteiger partial charge in [-0.1, -0.05) is 0 Å². The summed E-state index contributed by atoms with van der Waals surface area (Å²) in [7, 11) is -1.14. The molecule has 0 aromatic carbocycles. The number of carboxylic acid groups (broad SMARTS) is 1. The first-order valence-electron chi connectivity index (χ1n) is 5.43. The second-order valence-corrected chi connectivity index (χ2v) is 7.13. The van der Waals surface area contributed by atoms with E-state index in [9.17, 15) is 9.00 Å². The lowest BCUT2D eigenvalue weighted by Crippen LogP contribution is -2.36. The fraction of sp³-hybridized carbons (Fsp3) is 0.909. The van der Waals surface area contributed by atoms with Crippen molar-refractivity contribution in [2.45, 2.75) is 57.0 Å². The van der Waals surface area contributed by atoms with Crippen LogP contribution in [0.15, 0.2) is 0 Å². The predicted octanol–water partition coefficient (Wildman–Crippen LogP) is 1.56. The van der Waals surface area contributed by atoms with Gasteiger partial charge in [-0.3, -0.25) is 9.00 Å². The Morgan fingerprint density at radius 3 is 2.38 bits per heavy atom. The topological polar surface area (TPSA) is 63.6 Å². The Kier molecular flexibility index (Phi) is 3.80. The summed E-state index contributed by atoms with van der Waals surface area (Å²) in [5, 5.41) is 8.49. The van der Waals surface area contributed by atoms with Gasteiger partial charge in [0, 0.05) is 16.6 Å². The van der Waals surface area contributed by atoms with Crippen LogP contribution in [0.3, 0.4) is 0 Å². The summed E-state index contributed by atoms with van der Waals surface area (Å²) in [4.78, 5) is 10.4. The van der Waals surface area contributed by atoms with Crippen molar-refractivity contribution in [3.05, 3.63) is 0 Å². The highest BCUT2D eigenvalue weighted by Crippen LogP contribution is 2.40. The first-order valence-corrected chi connectivity index (χ1v) is 6.81. The van der Waals surface area contributed by atoms with Crippen LogP contribution in [0, 0.1) is 0 Å². The minimum Gasteiger partial charge on any atom is -0.481 e. The van der Waals surface area contributed by atoms with Gasteiger partial charge in [-0.2, -0.15) is 0 Å². The molecular formula is C11H20O4S. The van der Waals surface area contributed by atoms with Gasteiger partial charge >= 0.3 is 5.97 Å². The standard InChI is InChI=1S/C11H20O4S/c1-10(2)7-8(11(3,4)15-10)16(14)6-5-9(12)13/h8H,5-7H2,1-4H3,(H,12,13). The molecule has 0 aliphatic carbocycles. The molecule has 1 aliphatic rings. The van der Waals surface area contributed by atoms with Crippen LogP contribution in [0.25, 0.3) is 0 Å². The molecule has 1 fully saturated rings. The molecule has 1 aliphatic heterocycles. The Balaban J connectivity index is 2.66. The van der Waals surface area contributed by atoms with Gasteiger partial charge in [-0.25, -0.2) is 0 Å². The van der Waals surface area contributed by atoms with E-state index in [0.717, 1.165) is 0 Å². The second-order valence-electron chi connectivity index (χ2n) is 5.39. The molecule has 1 saturated heterocycles. The van der Waals surface area contributed by atoms with Crippen molar-refractivity contribution < 1.29 is 18.8 Å². The third-order valence-electron chi connectivity index (χ3n) is 2.83. The predicted molar refractivity (Wildman–Crippen MR) is 62.9 cm³/mol. The maximum Gasteiger partial charge on any atom is 0.304 e. The minimum absolute atomic E-state index is 0.0420. The van der Waals surface area contributed by atoms with E-state index in [1.165, 1.54) is 0 Å². The zero-order valence-corrected chi connectivity index (χ0v) is 11.1. The fourth-order valence-electron chi connectivity index (χ4n) is 2.25. The van der Waals surface area contributed by atoms with Crippen LogP contribution in [-0.4, -0.2) is 37.5 Å². The normalized spacial score (nSPS) is 28.9. The molecule has 2 unspecified atom stereocenters. The molecule has 4 nitrogen and oxygen atoms in total. The summed E-state index contributed by atoms with van der Waals surface area (Å²) in [6.07, 6.45) is 0.672. The Bertz CT molecular complexity index is 309. The van der Waals surface area contributed by atoms with E-state index >= 15 is 0 Å². The van der Waals surface area contributed by atoms with Crippen molar-refractivity contribution in [1.29, 1.82) is 0 Å². The summed E-state index contributed by atoms with van der Waals surface area (Å²) < 4.78 is 17.9. The molecule has 0 radical (unpaired) electrons. The van der Waals surface area contributed by atoms with Crippen molar-refractivity contribution in [3.8, 4) is 0 Å². The zero-order valence-electron chi connectivity index (χ0n) is 10.3. The lowest BCUT2D eigenvalue weighted by atomic mass is 10.0. The van der Waals surface area contributed by atoms with Crippen LogP contribution in [0.1, 0.15) is 40.5 Å². The Morgan fingerprint density at radius 1 is 1.44 bits per heavy atom. The highest BCUT2D eigenvalue weighted by Gasteiger charge is 2.48. The van der Waals surface area contributed by atoms with E-state index in [-0.39, 0.29) is 23.0 Å². The number of carboxylic acids is 1. The van der Waals surface area contributed by atoms with E-state index in [0.29, 0.717) is 6.42 Å². The van der Waals surface area contributed by atoms with Gasteiger partial charge in [0.15, 0.2) is 0 Å². The molecule has 16 heavy (non-hydrogen) atoms. The van der Waals surface area contributed by atoms with Gasteiger partial charge in [0.25, 0.3) is 0 Å². The Morgan fingerprint density at radius 2 is 2.00 bits per heavy atom. The van der Waals surface area contributed by atoms with Gasteiger partial charge < -0.3 is 9.84 Å². The quantitative estimate of drug-likeness (QED) is 0.820. The fourth-order valence-corrected chi connectivity index (χ4v) is 4.18. The first-order chi connectivity index (χ1) is 7.14. The van der Waals surface area contributed by atoms with Crippen molar-refractivity contribution in [2.24, 2.45) is 0 Å². The van der Waals surface area contributed by atoms with Crippen LogP contribution in [0.4, 0.5) is 0 Å². The van der Waals surface area contributed by atoms with Crippen LogP contribution < -0.4 is 0 Å². The molecule has 0 aromatic rings. The van der Waals surface area contributed by atoms with Crippen LogP contribution >= 0.6 is 0 Å². The number of aliphatic carboxylic acids is 1. The highest BCUT2D eigenvalue weighted by molar-refractivity contribution is 7.85. The Hall–Kier alpha value is -0.420. The molecule has 2 atom stereocenters. The van der Waals surface area contributed by atoms with Crippen molar-refractivity contribution >= 4 is 16.8 Å². The van der Waals surface area contributed by atoms with Gasteiger partial charge in [0.1, 0.15) is 0 Å². The van der Waals surface area contributed by atoms with E-state index < -0.39 is 22.4 Å². The molecule has 0 spiro atoms. The minimum atomic E-state index is -1.14. The summed E-state index contributed by atoms with van der Waals surface area (Å²) in [5.74, 6) is -0.688. The summed E-state index contributed by atoms with van der Waals surface area (Å²) >= 11 is 0. The third kappa shape index (κ3) is 3.28. The monoisotopic (exact) mass is 248 g/mol. The summed E-state index contributed by atoms with van der Waals surface area (Å²) in [5.41, 5.74) is -0.708. The average Bonchev–Trinajstić information content (AvgIpc) is 2.30. The lowest BCUT2D eigenvalue weighted by molar-refractivity contribution is -0.136. The summed E-state index contributed by atoms with van der Waals surface area (Å²) in [6.45, 7) is 7.79. The molecule has 94 valence electrons. The van der Waals surface area contributed by atoms with Gasteiger partial charge in [-0.05, 0) is 34.1 Å². The molecular weight excluding hydrogens is 228 g/mol. The van der Waals surface area contributed by atoms with Crippen LogP contribution in [0.5, 0.6) is 0 Å². The molecule has 1 heterocycles. The number of hydrogen-bond acceptors (Lipinski definition) is 3. The number of rotatable bonds is 4. The zero-order chi connectivity index (χ0) is 12.6. The van der Waals surface area contributed by atoms with Crippen LogP contribution in [-0.2, 0) is 20.3 Å². The van der Waals surface area contributed by atoms with E-state index in [4.69, 9.17) is 9.84 Å². The molecule has 0 saturated carbocycles. The molecule has 0 aromatic heterocycles. The summed E-state index contributed by atoms with van der Waals surface area (Å²) in [6, 6.07) is 0. The molecule has 1 rings (SSSR count). The smallest absolute Gasteiger partial charge is 0.304 e.